The minimum absolute atomic E-state index is 0.259. The van der Waals surface area contributed by atoms with Crippen molar-refractivity contribution in [1.82, 2.24) is 19.1 Å². The highest BCUT2D eigenvalue weighted by molar-refractivity contribution is 7.99. The Bertz CT molecular complexity index is 836. The summed E-state index contributed by atoms with van der Waals surface area (Å²) in [6, 6.07) is 0. The molecule has 0 aliphatic carbocycles. The second-order valence-corrected chi connectivity index (χ2v) is 6.55. The number of thioether (sulfide) groups is 1. The van der Waals surface area contributed by atoms with Crippen molar-refractivity contribution in [2.75, 3.05) is 5.75 Å². The number of aromatic nitrogens is 4. The molecule has 0 bridgehead atoms. The molecule has 0 fully saturated rings. The summed E-state index contributed by atoms with van der Waals surface area (Å²) in [5.41, 5.74) is -0.488. The molecule has 2 aromatic heterocycles. The van der Waals surface area contributed by atoms with Gasteiger partial charge in [-0.25, -0.2) is 9.78 Å². The van der Waals surface area contributed by atoms with Crippen molar-refractivity contribution in [3.8, 4) is 0 Å². The number of hydrogen-bond donors (Lipinski definition) is 1. The number of carbonyl (C=O) groups excluding carboxylic acids is 1. The van der Waals surface area contributed by atoms with Crippen LogP contribution in [0.4, 0.5) is 0 Å². The van der Waals surface area contributed by atoms with Crippen LogP contribution in [0.1, 0.15) is 39.0 Å². The van der Waals surface area contributed by atoms with Crippen molar-refractivity contribution < 1.29 is 9.90 Å². The summed E-state index contributed by atoms with van der Waals surface area (Å²) in [6.07, 6.45) is 5.28. The molecule has 0 atom stereocenters. The van der Waals surface area contributed by atoms with Gasteiger partial charge in [0.15, 0.2) is 16.3 Å². The van der Waals surface area contributed by atoms with E-state index in [1.165, 1.54) is 11.6 Å². The second kappa shape index (κ2) is 8.18. The standard InChI is InChI=1S/C15H22N4O4S/c1-3-4-5-6-7-8-19-11-12(16-15(19)24-9-10(20)21)18(2)14(23)17-13(11)22/h3-9H2,1-2H3,(H,20,21)(H,17,22,23)/p-1. The highest BCUT2D eigenvalue weighted by Gasteiger charge is 2.17. The smallest absolute Gasteiger partial charge is 0.329 e. The van der Waals surface area contributed by atoms with Crippen LogP contribution in [0, 0.1) is 0 Å². The minimum atomic E-state index is -1.20. The molecule has 2 heterocycles. The maximum absolute atomic E-state index is 12.2. The Labute approximate surface area is 142 Å². The number of aliphatic carboxylic acids is 1. The van der Waals surface area contributed by atoms with Crippen LogP contribution in [0.25, 0.3) is 11.2 Å². The van der Waals surface area contributed by atoms with Crippen LogP contribution in [0.2, 0.25) is 0 Å². The number of aryl methyl sites for hydroxylation is 2. The number of carboxylic acid groups (broad SMARTS) is 1. The average molecular weight is 353 g/mol. The molecule has 0 aliphatic rings. The van der Waals surface area contributed by atoms with Gasteiger partial charge in [-0.05, 0) is 6.42 Å². The van der Waals surface area contributed by atoms with Gasteiger partial charge in [-0.1, -0.05) is 44.4 Å². The van der Waals surface area contributed by atoms with E-state index in [1.54, 1.807) is 4.57 Å². The van der Waals surface area contributed by atoms with Gasteiger partial charge in [0.25, 0.3) is 5.56 Å². The van der Waals surface area contributed by atoms with Crippen LogP contribution in [0.15, 0.2) is 14.7 Å². The molecule has 2 rings (SSSR count). The van der Waals surface area contributed by atoms with Crippen molar-refractivity contribution >= 4 is 28.9 Å². The Morgan fingerprint density at radius 2 is 1.96 bits per heavy atom. The van der Waals surface area contributed by atoms with Crippen LogP contribution in [0.5, 0.6) is 0 Å². The van der Waals surface area contributed by atoms with Gasteiger partial charge in [-0.2, -0.15) is 0 Å². The van der Waals surface area contributed by atoms with E-state index in [2.05, 4.69) is 16.9 Å². The predicted molar refractivity (Wildman–Crippen MR) is 90.1 cm³/mol. The number of H-pyrrole nitrogens is 1. The minimum Gasteiger partial charge on any atom is -0.549 e. The maximum atomic E-state index is 12.2. The molecule has 0 aromatic carbocycles. The fourth-order valence-electron chi connectivity index (χ4n) is 2.53. The molecule has 0 saturated heterocycles. The first-order chi connectivity index (χ1) is 11.5. The Balaban J connectivity index is 2.38. The number of fused-ring (bicyclic) bond motifs is 1. The summed E-state index contributed by atoms with van der Waals surface area (Å²) in [4.78, 5) is 41.2. The summed E-state index contributed by atoms with van der Waals surface area (Å²) >= 11 is 0.994. The van der Waals surface area contributed by atoms with E-state index in [4.69, 9.17) is 0 Å². The van der Waals surface area contributed by atoms with Crippen molar-refractivity contribution in [1.29, 1.82) is 0 Å². The third-order valence-corrected chi connectivity index (χ3v) is 4.73. The van der Waals surface area contributed by atoms with Crippen molar-refractivity contribution in [2.45, 2.75) is 50.7 Å². The zero-order valence-electron chi connectivity index (χ0n) is 13.8. The van der Waals surface area contributed by atoms with E-state index in [0.29, 0.717) is 17.2 Å². The molecular weight excluding hydrogens is 332 g/mol. The molecule has 0 amide bonds. The van der Waals surface area contributed by atoms with Gasteiger partial charge < -0.3 is 14.5 Å². The molecule has 132 valence electrons. The number of aromatic amines is 1. The van der Waals surface area contributed by atoms with Gasteiger partial charge in [0.1, 0.15) is 0 Å². The number of unbranched alkanes of at least 4 members (excludes halogenated alkanes) is 4. The molecule has 1 N–H and O–H groups in total. The number of nitrogens with zero attached hydrogens (tertiary/aromatic N) is 3. The lowest BCUT2D eigenvalue weighted by molar-refractivity contribution is -0.301. The summed E-state index contributed by atoms with van der Waals surface area (Å²) in [5, 5.41) is 11.1. The van der Waals surface area contributed by atoms with Crippen LogP contribution < -0.4 is 16.4 Å². The van der Waals surface area contributed by atoms with E-state index >= 15 is 0 Å². The monoisotopic (exact) mass is 353 g/mol. The maximum Gasteiger partial charge on any atom is 0.329 e. The number of hydrogen-bond acceptors (Lipinski definition) is 6. The van der Waals surface area contributed by atoms with E-state index in [-0.39, 0.29) is 11.4 Å². The summed E-state index contributed by atoms with van der Waals surface area (Å²) < 4.78 is 2.96. The van der Waals surface area contributed by atoms with Crippen LogP contribution >= 0.6 is 11.8 Å². The lowest BCUT2D eigenvalue weighted by Gasteiger charge is -2.08. The first kappa shape index (κ1) is 18.3. The van der Waals surface area contributed by atoms with Crippen molar-refractivity contribution in [3.63, 3.8) is 0 Å². The van der Waals surface area contributed by atoms with Gasteiger partial charge in [-0.3, -0.25) is 14.3 Å². The Morgan fingerprint density at radius 3 is 2.62 bits per heavy atom. The largest absolute Gasteiger partial charge is 0.549 e. The zero-order valence-corrected chi connectivity index (χ0v) is 14.6. The van der Waals surface area contributed by atoms with Gasteiger partial charge in [0, 0.05) is 19.3 Å². The SMILES string of the molecule is CCCCCCCn1c(SCC(=O)[O-])nc2c1c(=O)[nH]c(=O)n2C. The van der Waals surface area contributed by atoms with E-state index in [1.807, 2.05) is 0 Å². The average Bonchev–Trinajstić information content (AvgIpc) is 2.90. The van der Waals surface area contributed by atoms with Crippen LogP contribution in [-0.2, 0) is 18.4 Å². The Morgan fingerprint density at radius 1 is 1.25 bits per heavy atom. The van der Waals surface area contributed by atoms with Crippen molar-refractivity contribution in [3.05, 3.63) is 20.8 Å². The van der Waals surface area contributed by atoms with Gasteiger partial charge in [0.05, 0.1) is 5.97 Å². The first-order valence-corrected chi connectivity index (χ1v) is 8.96. The molecule has 0 spiro atoms. The predicted octanol–water partition coefficient (Wildman–Crippen LogP) is 0.236. The fraction of sp³-hybridized carbons (Fsp3) is 0.600. The van der Waals surface area contributed by atoms with E-state index in [9.17, 15) is 19.5 Å². The lowest BCUT2D eigenvalue weighted by Crippen LogP contribution is -2.29. The quantitative estimate of drug-likeness (QED) is 0.510. The summed E-state index contributed by atoms with van der Waals surface area (Å²) in [7, 11) is 1.52. The van der Waals surface area contributed by atoms with Crippen LogP contribution in [-0.4, -0.2) is 30.8 Å². The lowest BCUT2D eigenvalue weighted by atomic mass is 10.1. The molecule has 0 saturated carbocycles. The molecule has 24 heavy (non-hydrogen) atoms. The second-order valence-electron chi connectivity index (χ2n) is 5.61. The van der Waals surface area contributed by atoms with E-state index in [0.717, 1.165) is 43.9 Å². The first-order valence-electron chi connectivity index (χ1n) is 7.98. The van der Waals surface area contributed by atoms with E-state index < -0.39 is 17.2 Å². The summed E-state index contributed by atoms with van der Waals surface area (Å²) in [6.45, 7) is 2.69. The normalized spacial score (nSPS) is 11.2. The Hall–Kier alpha value is -2.03. The summed E-state index contributed by atoms with van der Waals surface area (Å²) in [5.74, 6) is -1.46. The molecular formula is C15H21N4O4S-. The fourth-order valence-corrected chi connectivity index (χ4v) is 3.27. The highest BCUT2D eigenvalue weighted by atomic mass is 32.2. The topological polar surface area (TPSA) is 113 Å². The van der Waals surface area contributed by atoms with Gasteiger partial charge >= 0.3 is 5.69 Å². The molecule has 8 nitrogen and oxygen atoms in total. The number of imidazole rings is 1. The molecule has 0 radical (unpaired) electrons. The number of nitrogens with one attached hydrogen (secondary N) is 1. The number of carboxylic acids is 1. The number of rotatable bonds is 9. The van der Waals surface area contributed by atoms with Crippen LogP contribution in [0.3, 0.4) is 0 Å². The Kier molecular flexibility index (Phi) is 6.24. The van der Waals surface area contributed by atoms with Gasteiger partial charge in [0.2, 0.25) is 0 Å². The third kappa shape index (κ3) is 4.08. The number of carbonyl (C=O) groups is 1. The highest BCUT2D eigenvalue weighted by Crippen LogP contribution is 2.22. The molecule has 2 aromatic rings. The zero-order chi connectivity index (χ0) is 17.7. The molecule has 0 aliphatic heterocycles. The van der Waals surface area contributed by atoms with Gasteiger partial charge in [-0.15, -0.1) is 0 Å². The molecule has 0 unspecified atom stereocenters. The molecule has 9 heteroatoms. The third-order valence-electron chi connectivity index (χ3n) is 3.78. The van der Waals surface area contributed by atoms with Crippen molar-refractivity contribution in [2.24, 2.45) is 7.05 Å².